The monoisotopic (exact) mass is 360 g/mol. The van der Waals surface area contributed by atoms with Crippen LogP contribution in [0.5, 0.6) is 0 Å². The second kappa shape index (κ2) is 7.38. The van der Waals surface area contributed by atoms with E-state index in [1.165, 1.54) is 5.01 Å². The van der Waals surface area contributed by atoms with Gasteiger partial charge in [0.25, 0.3) is 0 Å². The maximum Gasteiger partial charge on any atom is 0.229 e. The molecule has 3 aliphatic heterocycles. The average molecular weight is 360 g/mol. The quantitative estimate of drug-likeness (QED) is 0.734. The first-order chi connectivity index (χ1) is 12.8. The molecule has 0 N–H and O–H groups in total. The molecule has 10 heteroatoms. The van der Waals surface area contributed by atoms with Crippen LogP contribution >= 0.6 is 0 Å². The summed E-state index contributed by atoms with van der Waals surface area (Å²) in [5.74, 6) is 1.92. The van der Waals surface area contributed by atoms with Gasteiger partial charge in [-0.2, -0.15) is 9.97 Å². The van der Waals surface area contributed by atoms with E-state index in [-0.39, 0.29) is 0 Å². The summed E-state index contributed by atoms with van der Waals surface area (Å²) >= 11 is 0. The predicted molar refractivity (Wildman–Crippen MR) is 100.0 cm³/mol. The van der Waals surface area contributed by atoms with Crippen LogP contribution in [0.1, 0.15) is 25.7 Å². The van der Waals surface area contributed by atoms with Gasteiger partial charge in [0.05, 0.1) is 18.4 Å². The minimum atomic E-state index is 0.322. The molecule has 0 spiro atoms. The van der Waals surface area contributed by atoms with Crippen molar-refractivity contribution in [3.63, 3.8) is 0 Å². The first-order valence-electron chi connectivity index (χ1n) is 9.38. The zero-order chi connectivity index (χ0) is 17.9. The molecule has 0 unspecified atom stereocenters. The van der Waals surface area contributed by atoms with E-state index in [1.54, 1.807) is 0 Å². The highest BCUT2D eigenvalue weighted by atomic mass is 16.3. The minimum absolute atomic E-state index is 0.322. The van der Waals surface area contributed by atoms with Gasteiger partial charge >= 0.3 is 0 Å². The van der Waals surface area contributed by atoms with Gasteiger partial charge in [-0.25, -0.2) is 0 Å². The van der Waals surface area contributed by atoms with Crippen LogP contribution in [-0.2, 0) is 0 Å². The van der Waals surface area contributed by atoms with Crippen molar-refractivity contribution in [1.82, 2.24) is 15.0 Å². The molecule has 10 nitrogen and oxygen atoms in total. The Morgan fingerprint density at radius 2 is 1.15 bits per heavy atom. The minimum Gasteiger partial charge on any atom is -0.354 e. The van der Waals surface area contributed by atoms with Crippen LogP contribution in [0.25, 0.3) is 0 Å². The average Bonchev–Trinajstić information content (AvgIpc) is 3.41. The third-order valence-corrected chi connectivity index (χ3v) is 5.39. The van der Waals surface area contributed by atoms with Gasteiger partial charge in [-0.3, -0.25) is 5.01 Å². The van der Waals surface area contributed by atoms with Crippen LogP contribution in [0.2, 0.25) is 0 Å². The summed E-state index contributed by atoms with van der Waals surface area (Å²) in [6.07, 6.45) is 4.46. The van der Waals surface area contributed by atoms with Crippen LogP contribution in [0.4, 0.5) is 23.3 Å². The lowest BCUT2D eigenvalue weighted by molar-refractivity contribution is 0.266. The third-order valence-electron chi connectivity index (χ3n) is 5.39. The van der Waals surface area contributed by atoms with Gasteiger partial charge in [0.2, 0.25) is 5.95 Å². The lowest BCUT2D eigenvalue weighted by Gasteiger charge is -2.33. The number of hydrogen-bond acceptors (Lipinski definition) is 9. The van der Waals surface area contributed by atoms with Gasteiger partial charge in [-0.05, 0) is 30.9 Å². The van der Waals surface area contributed by atoms with Crippen molar-refractivity contribution < 1.29 is 0 Å². The molecule has 4 heterocycles. The molecule has 1 aromatic rings. The second-order valence-corrected chi connectivity index (χ2v) is 7.02. The van der Waals surface area contributed by atoms with Crippen molar-refractivity contribution in [2.75, 3.05) is 67.1 Å². The first kappa shape index (κ1) is 16.9. The van der Waals surface area contributed by atoms with E-state index in [4.69, 9.17) is 9.97 Å². The van der Waals surface area contributed by atoms with Crippen LogP contribution in [0.3, 0.4) is 0 Å². The van der Waals surface area contributed by atoms with Gasteiger partial charge in [0, 0.05) is 39.3 Å². The van der Waals surface area contributed by atoms with E-state index in [0.717, 1.165) is 51.9 Å². The molecular formula is C16H24N8O2. The molecule has 0 radical (unpaired) electrons. The Kier molecular flexibility index (Phi) is 4.81. The molecule has 4 rings (SSSR count). The second-order valence-electron chi connectivity index (χ2n) is 7.02. The number of nitrogens with zero attached hydrogens (tertiary/aromatic N) is 8. The number of piperazine rings is 1. The molecular weight excluding hydrogens is 336 g/mol. The Bertz CT molecular complexity index is 664. The molecule has 1 aromatic heterocycles. The Labute approximate surface area is 152 Å². The van der Waals surface area contributed by atoms with E-state index < -0.39 is 0 Å². The maximum atomic E-state index is 11.7. The van der Waals surface area contributed by atoms with Crippen molar-refractivity contribution in [2.45, 2.75) is 25.7 Å². The number of aromatic nitrogens is 2. The number of nitroso groups, excluding NO2 is 2. The van der Waals surface area contributed by atoms with E-state index in [0.29, 0.717) is 49.5 Å². The van der Waals surface area contributed by atoms with Crippen molar-refractivity contribution in [3.05, 3.63) is 9.81 Å². The molecule has 3 aliphatic rings. The Balaban J connectivity index is 1.72. The number of anilines is 3. The fraction of sp³-hybridized carbons (Fsp3) is 0.750. The van der Waals surface area contributed by atoms with Crippen LogP contribution < -0.4 is 14.7 Å². The van der Waals surface area contributed by atoms with Gasteiger partial charge < -0.3 is 14.7 Å². The van der Waals surface area contributed by atoms with Gasteiger partial charge in [-0.15, -0.1) is 9.81 Å². The summed E-state index contributed by atoms with van der Waals surface area (Å²) in [5, 5.41) is 7.82. The van der Waals surface area contributed by atoms with E-state index >= 15 is 0 Å². The normalized spacial score (nSPS) is 20.8. The topological polar surface area (TPSA) is 97.6 Å². The highest BCUT2D eigenvalue weighted by Crippen LogP contribution is 2.39. The number of hydrogen-bond donors (Lipinski definition) is 0. The molecule has 3 saturated heterocycles. The predicted octanol–water partition coefficient (Wildman–Crippen LogP) is 1.88. The molecule has 0 aromatic carbocycles. The van der Waals surface area contributed by atoms with Crippen LogP contribution in [0, 0.1) is 9.81 Å². The van der Waals surface area contributed by atoms with Crippen LogP contribution in [0.15, 0.2) is 10.5 Å². The molecule has 0 bridgehead atoms. The summed E-state index contributed by atoms with van der Waals surface area (Å²) in [6, 6.07) is 0. The highest BCUT2D eigenvalue weighted by Gasteiger charge is 2.29. The van der Waals surface area contributed by atoms with Crippen molar-refractivity contribution in [1.29, 1.82) is 0 Å². The fourth-order valence-electron chi connectivity index (χ4n) is 3.92. The lowest BCUT2D eigenvalue weighted by Crippen LogP contribution is -2.44. The molecule has 0 aliphatic carbocycles. The fourth-order valence-corrected chi connectivity index (χ4v) is 3.92. The molecule has 0 amide bonds. The molecule has 140 valence electrons. The zero-order valence-corrected chi connectivity index (χ0v) is 14.9. The standard InChI is InChI=1S/C16H24N8O2/c25-19-13-14(21-5-1-2-6-21)17-16(23-7-3-4-8-23)18-15(13)22-9-11-24(20-26)12-10-22/h1-12H2. The zero-order valence-electron chi connectivity index (χ0n) is 14.9. The Morgan fingerprint density at radius 3 is 1.65 bits per heavy atom. The molecule has 0 atom stereocenters. The Morgan fingerprint density at radius 1 is 0.654 bits per heavy atom. The van der Waals surface area contributed by atoms with Crippen LogP contribution in [-0.4, -0.2) is 67.3 Å². The summed E-state index contributed by atoms with van der Waals surface area (Å²) in [4.78, 5) is 38.3. The van der Waals surface area contributed by atoms with Gasteiger partial charge in [0.15, 0.2) is 17.3 Å². The summed E-state index contributed by atoms with van der Waals surface area (Å²) < 4.78 is 0. The number of rotatable bonds is 5. The summed E-state index contributed by atoms with van der Waals surface area (Å²) in [7, 11) is 0. The SMILES string of the molecule is O=Nc1c(N2CCCC2)nc(N2CCCC2)nc1N1CCN(N=O)CC1. The first-order valence-corrected chi connectivity index (χ1v) is 9.38. The van der Waals surface area contributed by atoms with E-state index in [2.05, 4.69) is 20.3 Å². The maximum absolute atomic E-state index is 11.7. The largest absolute Gasteiger partial charge is 0.354 e. The Hall–Kier alpha value is -2.52. The molecule has 3 fully saturated rings. The van der Waals surface area contributed by atoms with E-state index in [9.17, 15) is 9.81 Å². The smallest absolute Gasteiger partial charge is 0.229 e. The van der Waals surface area contributed by atoms with E-state index in [1.807, 2.05) is 4.90 Å². The third kappa shape index (κ3) is 3.15. The summed E-state index contributed by atoms with van der Waals surface area (Å²) in [6.45, 7) is 5.87. The summed E-state index contributed by atoms with van der Waals surface area (Å²) in [5.41, 5.74) is 0.322. The van der Waals surface area contributed by atoms with Crippen molar-refractivity contribution in [2.24, 2.45) is 10.5 Å². The lowest BCUT2D eigenvalue weighted by atomic mass is 10.3. The molecule has 0 saturated carbocycles. The molecule has 26 heavy (non-hydrogen) atoms. The van der Waals surface area contributed by atoms with Crippen molar-refractivity contribution in [3.8, 4) is 0 Å². The van der Waals surface area contributed by atoms with Gasteiger partial charge in [0.1, 0.15) is 0 Å². The van der Waals surface area contributed by atoms with Gasteiger partial charge in [-0.1, -0.05) is 0 Å². The highest BCUT2D eigenvalue weighted by molar-refractivity contribution is 5.77. The van der Waals surface area contributed by atoms with Crippen molar-refractivity contribution >= 4 is 23.3 Å².